The summed E-state index contributed by atoms with van der Waals surface area (Å²) in [5.74, 6) is 1.21. The highest BCUT2D eigenvalue weighted by molar-refractivity contribution is 5.78. The molecule has 0 heterocycles. The van der Waals surface area contributed by atoms with E-state index in [2.05, 4.69) is 19.9 Å². The van der Waals surface area contributed by atoms with Gasteiger partial charge in [0.25, 0.3) is 0 Å². The Bertz CT molecular complexity index is 381. The molecule has 16 heavy (non-hydrogen) atoms. The zero-order valence-corrected chi connectivity index (χ0v) is 10.6. The zero-order chi connectivity index (χ0) is 12.1. The SMILES string of the molecule is CCC(=O)CCc1c(C)cc(C)cc1OC. The van der Waals surface area contributed by atoms with Crippen LogP contribution in [0, 0.1) is 13.8 Å². The summed E-state index contributed by atoms with van der Waals surface area (Å²) >= 11 is 0. The third-order valence-corrected chi connectivity index (χ3v) is 2.84. The van der Waals surface area contributed by atoms with E-state index in [-0.39, 0.29) is 0 Å². The molecule has 0 aliphatic carbocycles. The van der Waals surface area contributed by atoms with Gasteiger partial charge in [0.2, 0.25) is 0 Å². The van der Waals surface area contributed by atoms with Crippen molar-refractivity contribution < 1.29 is 9.53 Å². The highest BCUT2D eigenvalue weighted by Gasteiger charge is 2.09. The summed E-state index contributed by atoms with van der Waals surface area (Å²) in [6, 6.07) is 4.16. The summed E-state index contributed by atoms with van der Waals surface area (Å²) in [6.45, 7) is 6.03. The van der Waals surface area contributed by atoms with Crippen LogP contribution in [0.4, 0.5) is 0 Å². The average molecular weight is 220 g/mol. The molecule has 0 fully saturated rings. The number of ketones is 1. The number of ether oxygens (including phenoxy) is 1. The number of rotatable bonds is 5. The van der Waals surface area contributed by atoms with Crippen LogP contribution in [0.2, 0.25) is 0 Å². The largest absolute Gasteiger partial charge is 0.496 e. The van der Waals surface area contributed by atoms with Crippen molar-refractivity contribution in [1.82, 2.24) is 0 Å². The van der Waals surface area contributed by atoms with Crippen LogP contribution in [0.5, 0.6) is 5.75 Å². The highest BCUT2D eigenvalue weighted by atomic mass is 16.5. The van der Waals surface area contributed by atoms with E-state index in [1.165, 1.54) is 11.1 Å². The van der Waals surface area contributed by atoms with Crippen LogP contribution in [0.1, 0.15) is 36.5 Å². The van der Waals surface area contributed by atoms with Crippen molar-refractivity contribution >= 4 is 5.78 Å². The molecule has 0 saturated heterocycles. The number of aryl methyl sites for hydroxylation is 2. The average Bonchev–Trinajstić information content (AvgIpc) is 2.26. The van der Waals surface area contributed by atoms with Gasteiger partial charge >= 0.3 is 0 Å². The molecule has 0 atom stereocenters. The molecule has 0 aliphatic rings. The normalized spacial score (nSPS) is 10.2. The predicted octanol–water partition coefficient (Wildman–Crippen LogP) is 3.22. The van der Waals surface area contributed by atoms with Gasteiger partial charge in [-0.1, -0.05) is 13.0 Å². The van der Waals surface area contributed by atoms with Gasteiger partial charge in [-0.15, -0.1) is 0 Å². The van der Waals surface area contributed by atoms with Gasteiger partial charge in [-0.05, 0) is 43.0 Å². The van der Waals surface area contributed by atoms with Gasteiger partial charge in [0.15, 0.2) is 0 Å². The number of hydrogen-bond donors (Lipinski definition) is 0. The second kappa shape index (κ2) is 5.69. The maximum Gasteiger partial charge on any atom is 0.132 e. The first-order valence-corrected chi connectivity index (χ1v) is 5.74. The van der Waals surface area contributed by atoms with E-state index in [9.17, 15) is 4.79 Å². The molecule has 2 nitrogen and oxygen atoms in total. The van der Waals surface area contributed by atoms with Gasteiger partial charge in [0, 0.05) is 12.8 Å². The summed E-state index contributed by atoms with van der Waals surface area (Å²) in [5, 5.41) is 0. The van der Waals surface area contributed by atoms with Crippen LogP contribution < -0.4 is 4.74 Å². The molecule has 0 bridgehead atoms. The molecule has 0 radical (unpaired) electrons. The Morgan fingerprint density at radius 2 is 2.00 bits per heavy atom. The fourth-order valence-corrected chi connectivity index (χ4v) is 1.90. The van der Waals surface area contributed by atoms with Crippen molar-refractivity contribution in [2.75, 3.05) is 7.11 Å². The molecule has 88 valence electrons. The second-order valence-corrected chi connectivity index (χ2v) is 4.15. The van der Waals surface area contributed by atoms with Crippen molar-refractivity contribution in [2.45, 2.75) is 40.0 Å². The standard InChI is InChI=1S/C14H20O2/c1-5-12(15)6-7-13-11(3)8-10(2)9-14(13)16-4/h8-9H,5-7H2,1-4H3. The van der Waals surface area contributed by atoms with Crippen LogP contribution >= 0.6 is 0 Å². The van der Waals surface area contributed by atoms with Crippen LogP contribution in [-0.2, 0) is 11.2 Å². The summed E-state index contributed by atoms with van der Waals surface area (Å²) in [4.78, 5) is 11.3. The molecule has 1 rings (SSSR count). The lowest BCUT2D eigenvalue weighted by molar-refractivity contribution is -0.118. The molecule has 0 unspecified atom stereocenters. The van der Waals surface area contributed by atoms with Gasteiger partial charge in [-0.25, -0.2) is 0 Å². The molecule has 1 aromatic carbocycles. The minimum absolute atomic E-state index is 0.307. The molecule has 0 aliphatic heterocycles. The smallest absolute Gasteiger partial charge is 0.132 e. The van der Waals surface area contributed by atoms with E-state index in [1.54, 1.807) is 7.11 Å². The zero-order valence-electron chi connectivity index (χ0n) is 10.6. The van der Waals surface area contributed by atoms with E-state index in [0.29, 0.717) is 18.6 Å². The lowest BCUT2D eigenvalue weighted by Gasteiger charge is -2.12. The van der Waals surface area contributed by atoms with Gasteiger partial charge in [-0.2, -0.15) is 0 Å². The van der Waals surface area contributed by atoms with Crippen LogP contribution in [0.15, 0.2) is 12.1 Å². The van der Waals surface area contributed by atoms with Crippen LogP contribution in [0.3, 0.4) is 0 Å². The van der Waals surface area contributed by atoms with E-state index in [0.717, 1.165) is 17.7 Å². The number of methoxy groups -OCH3 is 1. The predicted molar refractivity (Wildman–Crippen MR) is 66.1 cm³/mol. The quantitative estimate of drug-likeness (QED) is 0.761. The van der Waals surface area contributed by atoms with Crippen LogP contribution in [0.25, 0.3) is 0 Å². The van der Waals surface area contributed by atoms with Crippen molar-refractivity contribution in [3.05, 3.63) is 28.8 Å². The minimum Gasteiger partial charge on any atom is -0.496 e. The third-order valence-electron chi connectivity index (χ3n) is 2.84. The minimum atomic E-state index is 0.307. The lowest BCUT2D eigenvalue weighted by atomic mass is 9.98. The molecule has 2 heteroatoms. The molecule has 1 aromatic rings. The number of hydrogen-bond acceptors (Lipinski definition) is 2. The summed E-state index contributed by atoms with van der Waals surface area (Å²) in [6.07, 6.45) is 2.01. The number of benzene rings is 1. The van der Waals surface area contributed by atoms with Crippen LogP contribution in [-0.4, -0.2) is 12.9 Å². The highest BCUT2D eigenvalue weighted by Crippen LogP contribution is 2.25. The van der Waals surface area contributed by atoms with Crippen molar-refractivity contribution in [1.29, 1.82) is 0 Å². The Labute approximate surface area is 97.6 Å². The van der Waals surface area contributed by atoms with E-state index in [4.69, 9.17) is 4.74 Å². The topological polar surface area (TPSA) is 26.3 Å². The number of carbonyl (C=O) groups is 1. The molecule has 0 aromatic heterocycles. The molecule has 0 saturated carbocycles. The first-order chi connectivity index (χ1) is 7.58. The lowest BCUT2D eigenvalue weighted by Crippen LogP contribution is -2.02. The molecular weight excluding hydrogens is 200 g/mol. The maximum absolute atomic E-state index is 11.3. The van der Waals surface area contributed by atoms with Gasteiger partial charge in [0.05, 0.1) is 7.11 Å². The Morgan fingerprint density at radius 1 is 1.31 bits per heavy atom. The molecular formula is C14H20O2. The fourth-order valence-electron chi connectivity index (χ4n) is 1.90. The molecule has 0 N–H and O–H groups in total. The molecule has 0 spiro atoms. The van der Waals surface area contributed by atoms with Crippen molar-refractivity contribution in [3.8, 4) is 5.75 Å². The summed E-state index contributed by atoms with van der Waals surface area (Å²) < 4.78 is 5.36. The van der Waals surface area contributed by atoms with Crippen molar-refractivity contribution in [2.24, 2.45) is 0 Å². The third kappa shape index (κ3) is 3.09. The van der Waals surface area contributed by atoms with Gasteiger partial charge in [-0.3, -0.25) is 4.79 Å². The molecule has 0 amide bonds. The van der Waals surface area contributed by atoms with E-state index in [1.807, 2.05) is 13.0 Å². The summed E-state index contributed by atoms with van der Waals surface area (Å²) in [7, 11) is 1.68. The van der Waals surface area contributed by atoms with E-state index >= 15 is 0 Å². The Morgan fingerprint density at radius 3 is 2.56 bits per heavy atom. The summed E-state index contributed by atoms with van der Waals surface area (Å²) in [5.41, 5.74) is 3.57. The first kappa shape index (κ1) is 12.8. The van der Waals surface area contributed by atoms with Crippen molar-refractivity contribution in [3.63, 3.8) is 0 Å². The van der Waals surface area contributed by atoms with E-state index < -0.39 is 0 Å². The Balaban J connectivity index is 2.89. The Hall–Kier alpha value is -1.31. The van der Waals surface area contributed by atoms with Gasteiger partial charge < -0.3 is 4.74 Å². The maximum atomic E-state index is 11.3. The number of Topliss-reactive ketones (excluding diaryl/α,β-unsaturated/α-hetero) is 1. The second-order valence-electron chi connectivity index (χ2n) is 4.15. The fraction of sp³-hybridized carbons (Fsp3) is 0.500. The Kier molecular flexibility index (Phi) is 4.53. The number of carbonyl (C=O) groups excluding carboxylic acids is 1. The first-order valence-electron chi connectivity index (χ1n) is 5.74. The van der Waals surface area contributed by atoms with Gasteiger partial charge in [0.1, 0.15) is 11.5 Å². The monoisotopic (exact) mass is 220 g/mol.